The second-order valence-corrected chi connectivity index (χ2v) is 7.66. The van der Waals surface area contributed by atoms with Gasteiger partial charge in [-0.15, -0.1) is 0 Å². The topological polar surface area (TPSA) is 80.3 Å². The van der Waals surface area contributed by atoms with Crippen LogP contribution in [-0.4, -0.2) is 23.9 Å². The molecule has 0 aliphatic heterocycles. The van der Waals surface area contributed by atoms with Crippen LogP contribution in [0.4, 0.5) is 11.4 Å². The van der Waals surface area contributed by atoms with Crippen molar-refractivity contribution in [1.29, 1.82) is 0 Å². The number of benzene rings is 3. The molecule has 1 heterocycles. The van der Waals surface area contributed by atoms with Crippen LogP contribution in [0, 0.1) is 0 Å². The maximum absolute atomic E-state index is 12.7. The lowest BCUT2D eigenvalue weighted by Crippen LogP contribution is -2.17. The molecular formula is C27H25N3O3. The Bertz CT molecular complexity index is 1260. The molecule has 2 N–H and O–H groups in total. The van der Waals surface area contributed by atoms with Crippen molar-refractivity contribution < 1.29 is 14.3 Å². The van der Waals surface area contributed by atoms with Crippen LogP contribution in [0.3, 0.4) is 0 Å². The molecule has 4 rings (SSSR count). The zero-order valence-electron chi connectivity index (χ0n) is 18.4. The van der Waals surface area contributed by atoms with E-state index >= 15 is 0 Å². The van der Waals surface area contributed by atoms with Crippen molar-refractivity contribution in [3.63, 3.8) is 0 Å². The molecule has 6 heteroatoms. The van der Waals surface area contributed by atoms with Crippen LogP contribution < -0.4 is 15.4 Å². The highest BCUT2D eigenvalue weighted by molar-refractivity contribution is 5.93. The number of aromatic nitrogens is 1. The molecule has 3 aromatic carbocycles. The summed E-state index contributed by atoms with van der Waals surface area (Å²) in [6.45, 7) is 0. The fourth-order valence-corrected chi connectivity index (χ4v) is 3.61. The minimum atomic E-state index is -0.139. The Hall–Kier alpha value is -4.19. The van der Waals surface area contributed by atoms with E-state index in [1.165, 1.54) is 0 Å². The third kappa shape index (κ3) is 5.95. The fraction of sp³-hybridized carbons (Fsp3) is 0.148. The molecule has 0 saturated heterocycles. The minimum absolute atomic E-state index is 0.0995. The van der Waals surface area contributed by atoms with Gasteiger partial charge in [-0.3, -0.25) is 14.6 Å². The highest BCUT2D eigenvalue weighted by Crippen LogP contribution is 2.24. The number of rotatable bonds is 8. The van der Waals surface area contributed by atoms with Crippen LogP contribution in [0.5, 0.6) is 5.75 Å². The van der Waals surface area contributed by atoms with E-state index in [1.807, 2.05) is 84.9 Å². The summed E-state index contributed by atoms with van der Waals surface area (Å²) >= 11 is 0. The predicted molar refractivity (Wildman–Crippen MR) is 130 cm³/mol. The number of pyridine rings is 1. The molecule has 0 atom stereocenters. The number of ether oxygens (including phenoxy) is 1. The maximum atomic E-state index is 12.7. The second kappa shape index (κ2) is 10.4. The van der Waals surface area contributed by atoms with Crippen LogP contribution in [0.2, 0.25) is 0 Å². The van der Waals surface area contributed by atoms with Gasteiger partial charge in [-0.25, -0.2) is 0 Å². The molecule has 0 radical (unpaired) electrons. The van der Waals surface area contributed by atoms with Gasteiger partial charge in [0, 0.05) is 28.9 Å². The van der Waals surface area contributed by atoms with E-state index in [2.05, 4.69) is 10.6 Å². The number of aryl methyl sites for hydroxylation is 1. The van der Waals surface area contributed by atoms with Crippen molar-refractivity contribution in [1.82, 2.24) is 4.98 Å². The molecule has 166 valence electrons. The largest absolute Gasteiger partial charge is 0.497 e. The van der Waals surface area contributed by atoms with Crippen LogP contribution in [0.25, 0.3) is 10.9 Å². The summed E-state index contributed by atoms with van der Waals surface area (Å²) in [6, 6.07) is 26.3. The van der Waals surface area contributed by atoms with Gasteiger partial charge in [0.2, 0.25) is 11.8 Å². The third-order valence-electron chi connectivity index (χ3n) is 5.25. The number of nitrogens with zero attached hydrogens (tertiary/aromatic N) is 1. The lowest BCUT2D eigenvalue weighted by Gasteiger charge is -2.12. The van der Waals surface area contributed by atoms with Crippen molar-refractivity contribution in [3.8, 4) is 5.75 Å². The first kappa shape index (κ1) is 22.0. The fourth-order valence-electron chi connectivity index (χ4n) is 3.61. The van der Waals surface area contributed by atoms with Gasteiger partial charge in [0.05, 0.1) is 19.0 Å². The van der Waals surface area contributed by atoms with Crippen LogP contribution in [0.1, 0.15) is 17.7 Å². The number of carbonyl (C=O) groups is 2. The van der Waals surface area contributed by atoms with E-state index in [4.69, 9.17) is 9.72 Å². The molecule has 0 unspecified atom stereocenters. The van der Waals surface area contributed by atoms with Crippen LogP contribution >= 0.6 is 0 Å². The number of hydrogen-bond donors (Lipinski definition) is 2. The molecule has 4 aromatic rings. The molecule has 0 saturated carbocycles. The van der Waals surface area contributed by atoms with E-state index in [0.717, 1.165) is 39.3 Å². The van der Waals surface area contributed by atoms with Crippen LogP contribution in [-0.2, 0) is 22.4 Å². The van der Waals surface area contributed by atoms with Gasteiger partial charge in [-0.1, -0.05) is 36.4 Å². The first-order valence-electron chi connectivity index (χ1n) is 10.8. The van der Waals surface area contributed by atoms with E-state index in [0.29, 0.717) is 6.42 Å². The Kier molecular flexibility index (Phi) is 6.95. The molecule has 1 aromatic heterocycles. The highest BCUT2D eigenvalue weighted by Gasteiger charge is 2.14. The molecule has 33 heavy (non-hydrogen) atoms. The lowest BCUT2D eigenvalue weighted by molar-refractivity contribution is -0.116. The normalized spacial score (nSPS) is 10.6. The van der Waals surface area contributed by atoms with E-state index in [9.17, 15) is 9.59 Å². The average molecular weight is 440 g/mol. The van der Waals surface area contributed by atoms with E-state index in [-0.39, 0.29) is 24.7 Å². The molecule has 0 aliphatic carbocycles. The summed E-state index contributed by atoms with van der Waals surface area (Å²) in [7, 11) is 1.61. The summed E-state index contributed by atoms with van der Waals surface area (Å²) in [5.41, 5.74) is 3.81. The summed E-state index contributed by atoms with van der Waals surface area (Å²) in [6.07, 6.45) is 0.843. The number of para-hydroxylation sites is 2. The Morgan fingerprint density at radius 1 is 0.818 bits per heavy atom. The highest BCUT2D eigenvalue weighted by atomic mass is 16.5. The molecule has 0 aliphatic rings. The monoisotopic (exact) mass is 439 g/mol. The summed E-state index contributed by atoms with van der Waals surface area (Å²) < 4.78 is 5.33. The Morgan fingerprint density at radius 2 is 1.45 bits per heavy atom. The number of methoxy groups -OCH3 is 1. The summed E-state index contributed by atoms with van der Waals surface area (Å²) in [5, 5.41) is 6.69. The molecule has 6 nitrogen and oxygen atoms in total. The lowest BCUT2D eigenvalue weighted by atomic mass is 10.0. The predicted octanol–water partition coefficient (Wildman–Crippen LogP) is 5.00. The average Bonchev–Trinajstić information content (AvgIpc) is 2.83. The SMILES string of the molecule is COc1ccc2nc(CCC(=O)Nc3ccccc3)c(CC(=O)Nc3ccccc3)cc2c1. The molecule has 0 fully saturated rings. The Morgan fingerprint density at radius 3 is 2.09 bits per heavy atom. The zero-order valence-corrected chi connectivity index (χ0v) is 18.4. The summed E-state index contributed by atoms with van der Waals surface area (Å²) in [5.74, 6) is 0.483. The Balaban J connectivity index is 1.54. The van der Waals surface area contributed by atoms with Gasteiger partial charge in [-0.05, 0) is 60.5 Å². The number of anilines is 2. The van der Waals surface area contributed by atoms with Crippen molar-refractivity contribution in [2.24, 2.45) is 0 Å². The van der Waals surface area contributed by atoms with Crippen molar-refractivity contribution in [3.05, 3.63) is 96.2 Å². The number of carbonyl (C=O) groups excluding carboxylic acids is 2. The molecular weight excluding hydrogens is 414 g/mol. The number of fused-ring (bicyclic) bond motifs is 1. The van der Waals surface area contributed by atoms with Crippen molar-refractivity contribution >= 4 is 34.1 Å². The zero-order chi connectivity index (χ0) is 23.0. The second-order valence-electron chi connectivity index (χ2n) is 7.66. The van der Waals surface area contributed by atoms with Gasteiger partial charge >= 0.3 is 0 Å². The number of hydrogen-bond acceptors (Lipinski definition) is 4. The van der Waals surface area contributed by atoms with Gasteiger partial charge in [0.25, 0.3) is 0 Å². The standard InChI is InChI=1S/C27H25N3O3/c1-33-23-12-13-24-19(17-23)16-20(18-27(32)29-22-10-6-3-7-11-22)25(30-24)14-15-26(31)28-21-8-4-2-5-9-21/h2-13,16-17H,14-15,18H2,1H3,(H,28,31)(H,29,32). The summed E-state index contributed by atoms with van der Waals surface area (Å²) in [4.78, 5) is 30.0. The number of nitrogens with one attached hydrogen (secondary N) is 2. The maximum Gasteiger partial charge on any atom is 0.228 e. The molecule has 0 spiro atoms. The number of amides is 2. The Labute approximate surface area is 192 Å². The van der Waals surface area contributed by atoms with Gasteiger partial charge in [-0.2, -0.15) is 0 Å². The quantitative estimate of drug-likeness (QED) is 0.405. The minimum Gasteiger partial charge on any atom is -0.497 e. The third-order valence-corrected chi connectivity index (χ3v) is 5.25. The molecule has 2 amide bonds. The smallest absolute Gasteiger partial charge is 0.228 e. The molecule has 0 bridgehead atoms. The van der Waals surface area contributed by atoms with Crippen molar-refractivity contribution in [2.75, 3.05) is 17.7 Å². The van der Waals surface area contributed by atoms with Gasteiger partial charge in [0.1, 0.15) is 5.75 Å². The van der Waals surface area contributed by atoms with Crippen LogP contribution in [0.15, 0.2) is 84.9 Å². The van der Waals surface area contributed by atoms with E-state index in [1.54, 1.807) is 7.11 Å². The van der Waals surface area contributed by atoms with Gasteiger partial charge < -0.3 is 15.4 Å². The van der Waals surface area contributed by atoms with Crippen molar-refractivity contribution in [2.45, 2.75) is 19.3 Å². The first-order valence-corrected chi connectivity index (χ1v) is 10.8. The first-order chi connectivity index (χ1) is 16.1. The van der Waals surface area contributed by atoms with E-state index < -0.39 is 0 Å². The van der Waals surface area contributed by atoms with Gasteiger partial charge in [0.15, 0.2) is 0 Å².